The van der Waals surface area contributed by atoms with Gasteiger partial charge in [0.2, 0.25) is 5.91 Å². The summed E-state index contributed by atoms with van der Waals surface area (Å²) in [5, 5.41) is 2.89. The lowest BCUT2D eigenvalue weighted by atomic mass is 10.1. The Morgan fingerprint density at radius 3 is 2.53 bits per heavy atom. The van der Waals surface area contributed by atoms with Crippen molar-refractivity contribution in [2.24, 2.45) is 11.7 Å². The third-order valence-corrected chi connectivity index (χ3v) is 2.82. The number of amides is 1. The molecule has 1 saturated carbocycles. The Hall–Kier alpha value is -0.610. The van der Waals surface area contributed by atoms with Crippen molar-refractivity contribution in [1.82, 2.24) is 10.2 Å². The highest BCUT2D eigenvalue weighted by molar-refractivity contribution is 5.78. The molecule has 15 heavy (non-hydrogen) atoms. The fraction of sp³-hybridized carbons (Fsp3) is 0.909. The third kappa shape index (κ3) is 4.18. The highest BCUT2D eigenvalue weighted by Gasteiger charge is 2.33. The van der Waals surface area contributed by atoms with Gasteiger partial charge in [0.15, 0.2) is 0 Å². The first-order valence-electron chi connectivity index (χ1n) is 5.74. The van der Waals surface area contributed by atoms with Crippen LogP contribution >= 0.6 is 0 Å². The van der Waals surface area contributed by atoms with Crippen LogP contribution in [-0.4, -0.2) is 43.0 Å². The molecule has 88 valence electrons. The van der Waals surface area contributed by atoms with E-state index in [4.69, 9.17) is 5.73 Å². The molecule has 0 radical (unpaired) electrons. The number of hydrogen-bond donors (Lipinski definition) is 2. The van der Waals surface area contributed by atoms with Crippen LogP contribution in [0.4, 0.5) is 0 Å². The Bertz CT molecular complexity index is 214. The van der Waals surface area contributed by atoms with Gasteiger partial charge in [-0.1, -0.05) is 0 Å². The Balaban J connectivity index is 2.32. The lowest BCUT2D eigenvalue weighted by Gasteiger charge is -2.26. The molecule has 3 N–H and O–H groups in total. The summed E-state index contributed by atoms with van der Waals surface area (Å²) >= 11 is 0. The summed E-state index contributed by atoms with van der Waals surface area (Å²) in [6.07, 6.45) is 2.52. The summed E-state index contributed by atoms with van der Waals surface area (Å²) in [6, 6.07) is 0.589. The summed E-state index contributed by atoms with van der Waals surface area (Å²) in [7, 11) is 1.98. The molecule has 1 rings (SSSR count). The van der Waals surface area contributed by atoms with Crippen molar-refractivity contribution >= 4 is 5.91 Å². The van der Waals surface area contributed by atoms with Gasteiger partial charge in [0.1, 0.15) is 0 Å². The molecular formula is C11H23N3O. The average Bonchev–Trinajstić information content (AvgIpc) is 2.87. The van der Waals surface area contributed by atoms with E-state index >= 15 is 0 Å². The zero-order valence-electron chi connectivity index (χ0n) is 9.99. The molecule has 0 spiro atoms. The number of nitrogens with zero attached hydrogens (tertiary/aromatic N) is 1. The quantitative estimate of drug-likeness (QED) is 0.662. The number of carbonyl (C=O) groups is 1. The van der Waals surface area contributed by atoms with Gasteiger partial charge >= 0.3 is 0 Å². The van der Waals surface area contributed by atoms with Gasteiger partial charge in [-0.15, -0.1) is 0 Å². The summed E-state index contributed by atoms with van der Waals surface area (Å²) in [6.45, 7) is 5.05. The van der Waals surface area contributed by atoms with E-state index in [0.717, 1.165) is 0 Å². The lowest BCUT2D eigenvalue weighted by molar-refractivity contribution is -0.122. The molecule has 0 aromatic heterocycles. The normalized spacial score (nSPS) is 18.3. The number of rotatable bonds is 6. The van der Waals surface area contributed by atoms with Gasteiger partial charge in [0.05, 0.1) is 6.54 Å². The Kier molecular flexibility index (Phi) is 4.54. The molecule has 0 bridgehead atoms. The zero-order valence-corrected chi connectivity index (χ0v) is 9.99. The monoisotopic (exact) mass is 213 g/mol. The molecule has 1 atom stereocenters. The lowest BCUT2D eigenvalue weighted by Crippen LogP contribution is -2.46. The van der Waals surface area contributed by atoms with Gasteiger partial charge in [0, 0.05) is 18.6 Å². The number of nitrogens with one attached hydrogen (secondary N) is 1. The minimum absolute atomic E-state index is 0.0894. The SMILES string of the molecule is CC(C)NC(=O)CN(C)C(CN)C1CC1. The van der Waals surface area contributed by atoms with Gasteiger partial charge in [0.25, 0.3) is 0 Å². The van der Waals surface area contributed by atoms with Crippen LogP contribution in [0.5, 0.6) is 0 Å². The van der Waals surface area contributed by atoms with E-state index in [9.17, 15) is 4.79 Å². The largest absolute Gasteiger partial charge is 0.353 e. The van der Waals surface area contributed by atoms with Crippen LogP contribution in [-0.2, 0) is 4.79 Å². The molecule has 0 saturated heterocycles. The first-order chi connectivity index (χ1) is 7.04. The first kappa shape index (κ1) is 12.5. The number of likely N-dealkylation sites (N-methyl/N-ethyl adjacent to an activating group) is 1. The first-order valence-corrected chi connectivity index (χ1v) is 5.74. The van der Waals surface area contributed by atoms with Crippen molar-refractivity contribution in [2.75, 3.05) is 20.1 Å². The average molecular weight is 213 g/mol. The van der Waals surface area contributed by atoms with Crippen LogP contribution in [0.2, 0.25) is 0 Å². The van der Waals surface area contributed by atoms with Crippen molar-refractivity contribution in [1.29, 1.82) is 0 Å². The number of nitrogens with two attached hydrogens (primary N) is 1. The van der Waals surface area contributed by atoms with Crippen LogP contribution in [0, 0.1) is 5.92 Å². The zero-order chi connectivity index (χ0) is 11.4. The molecule has 4 nitrogen and oxygen atoms in total. The van der Waals surface area contributed by atoms with Crippen LogP contribution in [0.1, 0.15) is 26.7 Å². The standard InChI is InChI=1S/C11H23N3O/c1-8(2)13-11(15)7-14(3)10(6-12)9-4-5-9/h8-10H,4-7,12H2,1-3H3,(H,13,15). The molecule has 1 unspecified atom stereocenters. The van der Waals surface area contributed by atoms with Crippen LogP contribution < -0.4 is 11.1 Å². The maximum absolute atomic E-state index is 11.5. The fourth-order valence-electron chi connectivity index (χ4n) is 1.92. The van der Waals surface area contributed by atoms with E-state index in [1.54, 1.807) is 0 Å². The second-order valence-corrected chi connectivity index (χ2v) is 4.78. The van der Waals surface area contributed by atoms with E-state index < -0.39 is 0 Å². The summed E-state index contributed by atoms with van der Waals surface area (Å²) in [5.74, 6) is 0.804. The molecule has 1 aliphatic rings. The summed E-state index contributed by atoms with van der Waals surface area (Å²) < 4.78 is 0. The number of carbonyl (C=O) groups excluding carboxylic acids is 1. The van der Waals surface area contributed by atoms with Crippen molar-refractivity contribution in [3.63, 3.8) is 0 Å². The maximum Gasteiger partial charge on any atom is 0.234 e. The van der Waals surface area contributed by atoms with Crippen molar-refractivity contribution in [3.8, 4) is 0 Å². The second kappa shape index (κ2) is 5.47. The Morgan fingerprint density at radius 1 is 1.53 bits per heavy atom. The van der Waals surface area contributed by atoms with E-state index in [-0.39, 0.29) is 11.9 Å². The molecule has 0 aromatic carbocycles. The van der Waals surface area contributed by atoms with E-state index in [1.807, 2.05) is 20.9 Å². The molecule has 0 aromatic rings. The molecule has 4 heteroatoms. The smallest absolute Gasteiger partial charge is 0.234 e. The Labute approximate surface area is 92.2 Å². The molecule has 1 amide bonds. The topological polar surface area (TPSA) is 58.4 Å². The van der Waals surface area contributed by atoms with Gasteiger partial charge in [-0.3, -0.25) is 9.69 Å². The van der Waals surface area contributed by atoms with E-state index in [2.05, 4.69) is 10.2 Å². The second-order valence-electron chi connectivity index (χ2n) is 4.78. The minimum Gasteiger partial charge on any atom is -0.353 e. The van der Waals surface area contributed by atoms with E-state index in [1.165, 1.54) is 12.8 Å². The van der Waals surface area contributed by atoms with Crippen LogP contribution in [0.3, 0.4) is 0 Å². The fourth-order valence-corrected chi connectivity index (χ4v) is 1.92. The van der Waals surface area contributed by atoms with Crippen molar-refractivity contribution in [2.45, 2.75) is 38.8 Å². The van der Waals surface area contributed by atoms with Crippen LogP contribution in [0.25, 0.3) is 0 Å². The predicted molar refractivity (Wildman–Crippen MR) is 61.5 cm³/mol. The van der Waals surface area contributed by atoms with Crippen molar-refractivity contribution < 1.29 is 4.79 Å². The van der Waals surface area contributed by atoms with E-state index in [0.29, 0.717) is 25.0 Å². The maximum atomic E-state index is 11.5. The molecule has 0 aliphatic heterocycles. The summed E-state index contributed by atoms with van der Waals surface area (Å²) in [5.41, 5.74) is 5.72. The molecule has 0 heterocycles. The summed E-state index contributed by atoms with van der Waals surface area (Å²) in [4.78, 5) is 13.6. The van der Waals surface area contributed by atoms with Gasteiger partial charge in [-0.25, -0.2) is 0 Å². The highest BCUT2D eigenvalue weighted by atomic mass is 16.2. The third-order valence-electron chi connectivity index (χ3n) is 2.82. The molecular weight excluding hydrogens is 190 g/mol. The van der Waals surface area contributed by atoms with Gasteiger partial charge in [-0.05, 0) is 39.7 Å². The van der Waals surface area contributed by atoms with Crippen LogP contribution in [0.15, 0.2) is 0 Å². The van der Waals surface area contributed by atoms with Gasteiger partial charge < -0.3 is 11.1 Å². The molecule has 1 fully saturated rings. The number of hydrogen-bond acceptors (Lipinski definition) is 3. The molecule has 1 aliphatic carbocycles. The minimum atomic E-state index is 0.0894. The Morgan fingerprint density at radius 2 is 2.13 bits per heavy atom. The van der Waals surface area contributed by atoms with Crippen molar-refractivity contribution in [3.05, 3.63) is 0 Å². The highest BCUT2D eigenvalue weighted by Crippen LogP contribution is 2.34. The van der Waals surface area contributed by atoms with Gasteiger partial charge in [-0.2, -0.15) is 0 Å². The predicted octanol–water partition coefficient (Wildman–Crippen LogP) is 0.180.